The van der Waals surface area contributed by atoms with E-state index in [-0.39, 0.29) is 5.76 Å². The van der Waals surface area contributed by atoms with Crippen LogP contribution in [-0.2, 0) is 14.8 Å². The van der Waals surface area contributed by atoms with Crippen molar-refractivity contribution in [2.24, 2.45) is 0 Å². The number of nitriles is 1. The van der Waals surface area contributed by atoms with E-state index in [9.17, 15) is 13.2 Å². The minimum Gasteiger partial charge on any atom is -0.480 e. The highest BCUT2D eigenvalue weighted by Gasteiger charge is 2.31. The predicted octanol–water partition coefficient (Wildman–Crippen LogP) is 0.245. The Hall–Kier alpha value is -1.85. The second-order valence-electron chi connectivity index (χ2n) is 3.27. The van der Waals surface area contributed by atoms with E-state index in [2.05, 4.69) is 0 Å². The van der Waals surface area contributed by atoms with Crippen LogP contribution in [0.5, 0.6) is 0 Å². The fraction of sp³-hybridized carbons (Fsp3) is 0.333. The number of sulfonamides is 1. The number of furan rings is 1. The Kier molecular flexibility index (Phi) is 3.55. The highest BCUT2D eigenvalue weighted by molar-refractivity contribution is 7.89. The standard InChI is InChI=1S/C9H10N2O5S/c1-6(9(12)13)11(2)17(14,15)8-4-3-7(5-10)16-8/h3-4,6H,1-2H3,(H,12,13). The summed E-state index contributed by atoms with van der Waals surface area (Å²) in [5.74, 6) is -1.43. The topological polar surface area (TPSA) is 112 Å². The Bertz CT molecular complexity index is 568. The molecule has 92 valence electrons. The van der Waals surface area contributed by atoms with Gasteiger partial charge in [0.1, 0.15) is 12.1 Å². The molecular weight excluding hydrogens is 248 g/mol. The maximum atomic E-state index is 11.9. The molecule has 0 bridgehead atoms. The number of carbonyl (C=O) groups is 1. The van der Waals surface area contributed by atoms with Crippen molar-refractivity contribution >= 4 is 16.0 Å². The van der Waals surface area contributed by atoms with Gasteiger partial charge in [-0.1, -0.05) is 0 Å². The molecule has 17 heavy (non-hydrogen) atoms. The molecule has 1 aromatic rings. The SMILES string of the molecule is CC(C(=O)O)N(C)S(=O)(=O)c1ccc(C#N)o1. The summed E-state index contributed by atoms with van der Waals surface area (Å²) in [6, 6.07) is 2.73. The van der Waals surface area contributed by atoms with Crippen molar-refractivity contribution in [3.8, 4) is 6.07 Å². The van der Waals surface area contributed by atoms with Crippen LogP contribution in [0.1, 0.15) is 12.7 Å². The summed E-state index contributed by atoms with van der Waals surface area (Å²) in [5.41, 5.74) is 0. The smallest absolute Gasteiger partial charge is 0.321 e. The fourth-order valence-electron chi connectivity index (χ4n) is 1.02. The molecule has 0 saturated heterocycles. The molecule has 7 nitrogen and oxygen atoms in total. The van der Waals surface area contributed by atoms with Gasteiger partial charge in [0.25, 0.3) is 10.0 Å². The van der Waals surface area contributed by atoms with Gasteiger partial charge >= 0.3 is 5.97 Å². The molecule has 0 aliphatic carbocycles. The van der Waals surface area contributed by atoms with Gasteiger partial charge in [-0.05, 0) is 19.1 Å². The highest BCUT2D eigenvalue weighted by atomic mass is 32.2. The van der Waals surface area contributed by atoms with Crippen LogP contribution in [0.3, 0.4) is 0 Å². The molecule has 1 unspecified atom stereocenters. The van der Waals surface area contributed by atoms with E-state index in [1.807, 2.05) is 0 Å². The maximum Gasteiger partial charge on any atom is 0.321 e. The van der Waals surface area contributed by atoms with Crippen molar-refractivity contribution < 1.29 is 22.7 Å². The fourth-order valence-corrected chi connectivity index (χ4v) is 2.25. The molecule has 0 spiro atoms. The maximum absolute atomic E-state index is 11.9. The highest BCUT2D eigenvalue weighted by Crippen LogP contribution is 2.19. The van der Waals surface area contributed by atoms with Crippen LogP contribution in [-0.4, -0.2) is 36.9 Å². The number of likely N-dealkylation sites (N-methyl/N-ethyl adjacent to an activating group) is 1. The van der Waals surface area contributed by atoms with Gasteiger partial charge in [0.05, 0.1) is 0 Å². The van der Waals surface area contributed by atoms with Crippen LogP contribution < -0.4 is 0 Å². The van der Waals surface area contributed by atoms with Gasteiger partial charge in [0.15, 0.2) is 0 Å². The summed E-state index contributed by atoms with van der Waals surface area (Å²) < 4.78 is 29.2. The molecule has 0 radical (unpaired) electrons. The number of nitrogens with zero attached hydrogens (tertiary/aromatic N) is 2. The van der Waals surface area contributed by atoms with Crippen LogP contribution in [0, 0.1) is 11.3 Å². The van der Waals surface area contributed by atoms with E-state index in [4.69, 9.17) is 14.8 Å². The van der Waals surface area contributed by atoms with E-state index in [1.54, 1.807) is 6.07 Å². The summed E-state index contributed by atoms with van der Waals surface area (Å²) in [4.78, 5) is 10.7. The van der Waals surface area contributed by atoms with Crippen molar-refractivity contribution in [3.63, 3.8) is 0 Å². The van der Waals surface area contributed by atoms with E-state index < -0.39 is 27.1 Å². The first kappa shape index (κ1) is 13.2. The number of hydrogen-bond acceptors (Lipinski definition) is 5. The summed E-state index contributed by atoms with van der Waals surface area (Å²) >= 11 is 0. The summed E-state index contributed by atoms with van der Waals surface area (Å²) in [5, 5.41) is 16.8. The molecule has 8 heteroatoms. The predicted molar refractivity (Wildman–Crippen MR) is 55.5 cm³/mol. The molecule has 0 aromatic carbocycles. The zero-order valence-corrected chi connectivity index (χ0v) is 9.93. The molecule has 1 heterocycles. The number of carboxylic acids is 1. The zero-order chi connectivity index (χ0) is 13.2. The van der Waals surface area contributed by atoms with Gasteiger partial charge < -0.3 is 9.52 Å². The lowest BCUT2D eigenvalue weighted by Crippen LogP contribution is -2.40. The van der Waals surface area contributed by atoms with Crippen molar-refractivity contribution in [3.05, 3.63) is 17.9 Å². The summed E-state index contributed by atoms with van der Waals surface area (Å²) in [6.45, 7) is 1.23. The van der Waals surface area contributed by atoms with Gasteiger partial charge in [-0.2, -0.15) is 9.57 Å². The first-order chi connectivity index (χ1) is 7.80. The number of rotatable bonds is 4. The normalized spacial score (nSPS) is 13.3. The van der Waals surface area contributed by atoms with E-state index in [0.29, 0.717) is 4.31 Å². The molecule has 0 aliphatic rings. The van der Waals surface area contributed by atoms with Crippen molar-refractivity contribution in [1.82, 2.24) is 4.31 Å². The Morgan fingerprint density at radius 3 is 2.59 bits per heavy atom. The van der Waals surface area contributed by atoms with Crippen LogP contribution in [0.2, 0.25) is 0 Å². The third kappa shape index (κ3) is 2.46. The van der Waals surface area contributed by atoms with Crippen molar-refractivity contribution in [1.29, 1.82) is 5.26 Å². The van der Waals surface area contributed by atoms with Crippen molar-refractivity contribution in [2.75, 3.05) is 7.05 Å². The summed E-state index contributed by atoms with van der Waals surface area (Å²) in [7, 11) is -2.91. The molecule has 1 rings (SSSR count). The van der Waals surface area contributed by atoms with Crippen LogP contribution >= 0.6 is 0 Å². The van der Waals surface area contributed by atoms with E-state index in [0.717, 1.165) is 13.1 Å². The van der Waals surface area contributed by atoms with Crippen LogP contribution in [0.15, 0.2) is 21.6 Å². The average Bonchev–Trinajstić information content (AvgIpc) is 2.75. The van der Waals surface area contributed by atoms with Gasteiger partial charge in [0.2, 0.25) is 10.9 Å². The molecular formula is C9H10N2O5S. The van der Waals surface area contributed by atoms with Crippen LogP contribution in [0.25, 0.3) is 0 Å². The molecule has 0 aliphatic heterocycles. The molecule has 0 fully saturated rings. The lowest BCUT2D eigenvalue weighted by atomic mass is 10.4. The number of hydrogen-bond donors (Lipinski definition) is 1. The Balaban J connectivity index is 3.12. The molecule has 0 amide bonds. The number of aliphatic carboxylic acids is 1. The Morgan fingerprint density at radius 1 is 1.59 bits per heavy atom. The quantitative estimate of drug-likeness (QED) is 0.828. The van der Waals surface area contributed by atoms with Gasteiger partial charge in [-0.25, -0.2) is 8.42 Å². The Morgan fingerprint density at radius 2 is 2.18 bits per heavy atom. The lowest BCUT2D eigenvalue weighted by molar-refractivity contribution is -0.140. The molecule has 1 aromatic heterocycles. The van der Waals surface area contributed by atoms with E-state index in [1.165, 1.54) is 13.0 Å². The zero-order valence-electron chi connectivity index (χ0n) is 9.11. The molecule has 1 atom stereocenters. The van der Waals surface area contributed by atoms with Gasteiger partial charge in [0, 0.05) is 7.05 Å². The van der Waals surface area contributed by atoms with Gasteiger partial charge in [-0.15, -0.1) is 0 Å². The van der Waals surface area contributed by atoms with Crippen molar-refractivity contribution in [2.45, 2.75) is 18.1 Å². The molecule has 1 N–H and O–H groups in total. The van der Waals surface area contributed by atoms with Crippen LogP contribution in [0.4, 0.5) is 0 Å². The Labute approximate surface area is 97.9 Å². The first-order valence-electron chi connectivity index (χ1n) is 4.51. The second kappa shape index (κ2) is 4.57. The molecule has 0 saturated carbocycles. The lowest BCUT2D eigenvalue weighted by Gasteiger charge is -2.19. The van der Waals surface area contributed by atoms with E-state index >= 15 is 0 Å². The third-order valence-corrected chi connectivity index (χ3v) is 4.03. The largest absolute Gasteiger partial charge is 0.480 e. The average molecular weight is 258 g/mol. The van der Waals surface area contributed by atoms with Gasteiger partial charge in [-0.3, -0.25) is 4.79 Å². The monoisotopic (exact) mass is 258 g/mol. The number of carboxylic acid groups (broad SMARTS) is 1. The third-order valence-electron chi connectivity index (χ3n) is 2.23. The minimum absolute atomic E-state index is 0.153. The first-order valence-corrected chi connectivity index (χ1v) is 5.95. The summed E-state index contributed by atoms with van der Waals surface area (Å²) in [6.07, 6.45) is 0. The minimum atomic E-state index is -4.04. The second-order valence-corrected chi connectivity index (χ2v) is 5.19.